The number of carbonyl (C=O) groups excluding carboxylic acids is 2. The Morgan fingerprint density at radius 1 is 0.786 bits per heavy atom. The summed E-state index contributed by atoms with van der Waals surface area (Å²) in [5.41, 5.74) is 4.55. The molecule has 0 aliphatic carbocycles. The molecule has 2 amide bonds. The number of halogens is 3. The topological polar surface area (TPSA) is 79.8 Å². The summed E-state index contributed by atoms with van der Waals surface area (Å²) in [6, 6.07) is 29.4. The van der Waals surface area contributed by atoms with Crippen LogP contribution in [-0.2, 0) is 40.0 Å². The van der Waals surface area contributed by atoms with Gasteiger partial charge < -0.3 is 34.3 Å². The van der Waals surface area contributed by atoms with E-state index in [1.807, 2.05) is 85.7 Å². The van der Waals surface area contributed by atoms with Crippen LogP contribution in [0.1, 0.15) is 27.8 Å². The highest BCUT2D eigenvalue weighted by Gasteiger charge is 2.32. The van der Waals surface area contributed by atoms with E-state index in [1.165, 1.54) is 24.3 Å². The summed E-state index contributed by atoms with van der Waals surface area (Å²) in [5.74, 6) is -0.658. The summed E-state index contributed by atoms with van der Waals surface area (Å²) in [7, 11) is 5.67. The van der Waals surface area contributed by atoms with Crippen molar-refractivity contribution >= 4 is 29.3 Å². The molecule has 12 heteroatoms. The highest BCUT2D eigenvalue weighted by Crippen LogP contribution is 2.29. The van der Waals surface area contributed by atoms with Gasteiger partial charge in [-0.1, -0.05) is 66.7 Å². The summed E-state index contributed by atoms with van der Waals surface area (Å²) in [4.78, 5) is 38.3. The molecule has 4 aromatic carbocycles. The number of aliphatic hydroxyl groups is 1. The summed E-state index contributed by atoms with van der Waals surface area (Å²) >= 11 is 0. The van der Waals surface area contributed by atoms with Gasteiger partial charge in [0, 0.05) is 83.8 Å². The molecule has 1 fully saturated rings. The zero-order valence-corrected chi connectivity index (χ0v) is 32.4. The zero-order valence-electron chi connectivity index (χ0n) is 32.4. The summed E-state index contributed by atoms with van der Waals surface area (Å²) in [5, 5.41) is 9.26. The van der Waals surface area contributed by atoms with E-state index in [0.29, 0.717) is 45.0 Å². The minimum atomic E-state index is -4.47. The van der Waals surface area contributed by atoms with E-state index in [0.717, 1.165) is 53.3 Å². The van der Waals surface area contributed by atoms with Gasteiger partial charge in [-0.2, -0.15) is 13.2 Å². The van der Waals surface area contributed by atoms with Crippen molar-refractivity contribution in [2.75, 3.05) is 83.5 Å². The van der Waals surface area contributed by atoms with Crippen molar-refractivity contribution in [2.24, 2.45) is 0 Å². The van der Waals surface area contributed by atoms with Gasteiger partial charge in [0.05, 0.1) is 25.4 Å². The summed E-state index contributed by atoms with van der Waals surface area (Å²) in [6.45, 7) is 5.29. The maximum Gasteiger partial charge on any atom is 0.416 e. The Morgan fingerprint density at radius 3 is 2.04 bits per heavy atom. The first-order chi connectivity index (χ1) is 26.9. The van der Waals surface area contributed by atoms with Crippen LogP contribution in [0.2, 0.25) is 0 Å². The van der Waals surface area contributed by atoms with E-state index in [9.17, 15) is 27.9 Å². The fraction of sp³-hybridized carbons (Fsp3) is 0.364. The zero-order chi connectivity index (χ0) is 40.1. The average Bonchev–Trinajstić information content (AvgIpc) is 3.21. The monoisotopic (exact) mass is 771 g/mol. The molecule has 4 aromatic rings. The quantitative estimate of drug-likeness (QED) is 0.128. The third-order valence-electron chi connectivity index (χ3n) is 10.00. The first kappa shape index (κ1) is 42.0. The van der Waals surface area contributed by atoms with Gasteiger partial charge in [0.2, 0.25) is 11.8 Å². The molecular formula is C44H52F3N5O4. The van der Waals surface area contributed by atoms with Crippen LogP contribution in [0, 0.1) is 0 Å². The Morgan fingerprint density at radius 2 is 1.41 bits per heavy atom. The van der Waals surface area contributed by atoms with Crippen LogP contribution in [0.25, 0.3) is 6.08 Å². The number of anilines is 2. The lowest BCUT2D eigenvalue weighted by molar-refractivity contribution is -0.143. The first-order valence-corrected chi connectivity index (χ1v) is 18.9. The van der Waals surface area contributed by atoms with Gasteiger partial charge in [-0.3, -0.25) is 9.59 Å². The molecule has 0 saturated carbocycles. The molecule has 1 atom stereocenters. The minimum Gasteiger partial charge on any atom is -0.395 e. The number of benzene rings is 4. The van der Waals surface area contributed by atoms with Crippen LogP contribution in [-0.4, -0.2) is 111 Å². The number of nitrogens with zero attached hydrogens (tertiary/aromatic N) is 5. The molecule has 298 valence electrons. The Kier molecular flexibility index (Phi) is 15.1. The molecule has 0 bridgehead atoms. The molecule has 0 radical (unpaired) electrons. The van der Waals surface area contributed by atoms with Crippen molar-refractivity contribution in [1.82, 2.24) is 14.7 Å². The SMILES string of the molecule is CN(CCN(C)C(=O)C(Cc1ccccc1)N(Cc1ccc(N2CCOCC2)cc1)C(=O)C=Cc1ccc(C(F)(F)F)cc1)Cc1ccc(N(C)CCO)cc1. The lowest BCUT2D eigenvalue weighted by Crippen LogP contribution is -2.51. The summed E-state index contributed by atoms with van der Waals surface area (Å²) in [6.07, 6.45) is -1.39. The van der Waals surface area contributed by atoms with Gasteiger partial charge in [0.25, 0.3) is 0 Å². The Labute approximate surface area is 328 Å². The van der Waals surface area contributed by atoms with Gasteiger partial charge in [-0.15, -0.1) is 0 Å². The van der Waals surface area contributed by atoms with Crippen molar-refractivity contribution < 1.29 is 32.6 Å². The second kappa shape index (κ2) is 20.1. The van der Waals surface area contributed by atoms with Crippen molar-refractivity contribution in [3.05, 3.63) is 137 Å². The predicted molar refractivity (Wildman–Crippen MR) is 215 cm³/mol. The van der Waals surface area contributed by atoms with E-state index >= 15 is 0 Å². The molecule has 1 heterocycles. The van der Waals surface area contributed by atoms with Crippen LogP contribution in [0.4, 0.5) is 24.5 Å². The number of likely N-dealkylation sites (N-methyl/N-ethyl adjacent to an activating group) is 3. The van der Waals surface area contributed by atoms with Gasteiger partial charge in [0.1, 0.15) is 6.04 Å². The molecule has 1 N–H and O–H groups in total. The van der Waals surface area contributed by atoms with E-state index in [1.54, 1.807) is 16.8 Å². The molecule has 56 heavy (non-hydrogen) atoms. The largest absolute Gasteiger partial charge is 0.416 e. The van der Waals surface area contributed by atoms with Gasteiger partial charge in [-0.05, 0) is 71.8 Å². The van der Waals surface area contributed by atoms with Gasteiger partial charge in [-0.25, -0.2) is 0 Å². The Bertz CT molecular complexity index is 1850. The highest BCUT2D eigenvalue weighted by atomic mass is 19.4. The fourth-order valence-corrected chi connectivity index (χ4v) is 6.60. The standard InChI is InChI=1S/C44H52F3N5O4/c1-48(32-36-11-18-39(19-12-36)49(2)25-28-53)23-24-50(3)43(55)41(31-35-7-5-4-6-8-35)52(33-37-13-20-40(21-14-37)51-26-29-56-30-27-51)42(54)22-15-34-9-16-38(17-10-34)44(45,46)47/h4-22,41,53H,23-33H2,1-3H3. The number of aliphatic hydroxyl groups excluding tert-OH is 1. The van der Waals surface area contributed by atoms with Gasteiger partial charge >= 0.3 is 6.18 Å². The minimum absolute atomic E-state index is 0.0766. The normalized spacial score (nSPS) is 13.9. The van der Waals surface area contributed by atoms with Gasteiger partial charge in [0.15, 0.2) is 0 Å². The Hall–Kier alpha value is -5.17. The summed E-state index contributed by atoms with van der Waals surface area (Å²) < 4.78 is 45.1. The molecule has 1 aliphatic rings. The van der Waals surface area contributed by atoms with Crippen molar-refractivity contribution in [3.8, 4) is 0 Å². The third-order valence-corrected chi connectivity index (χ3v) is 10.00. The molecule has 9 nitrogen and oxygen atoms in total. The average molecular weight is 772 g/mol. The predicted octanol–water partition coefficient (Wildman–Crippen LogP) is 6.21. The van der Waals surface area contributed by atoms with Crippen LogP contribution < -0.4 is 9.80 Å². The molecule has 0 spiro atoms. The van der Waals surface area contributed by atoms with Crippen LogP contribution in [0.3, 0.4) is 0 Å². The van der Waals surface area contributed by atoms with Crippen molar-refractivity contribution in [3.63, 3.8) is 0 Å². The van der Waals surface area contributed by atoms with E-state index in [2.05, 4.69) is 21.9 Å². The van der Waals surface area contributed by atoms with Crippen LogP contribution in [0.5, 0.6) is 0 Å². The maximum absolute atomic E-state index is 14.5. The number of hydrogen-bond donors (Lipinski definition) is 1. The second-order valence-electron chi connectivity index (χ2n) is 14.2. The van der Waals surface area contributed by atoms with E-state index in [-0.39, 0.29) is 25.5 Å². The number of alkyl halides is 3. The number of hydrogen-bond acceptors (Lipinski definition) is 7. The lowest BCUT2D eigenvalue weighted by atomic mass is 10.0. The van der Waals surface area contributed by atoms with E-state index in [4.69, 9.17) is 4.74 Å². The molecule has 1 saturated heterocycles. The highest BCUT2D eigenvalue weighted by molar-refractivity contribution is 5.95. The number of amides is 2. The van der Waals surface area contributed by atoms with Crippen molar-refractivity contribution in [1.29, 1.82) is 0 Å². The molecule has 5 rings (SSSR count). The molecular weight excluding hydrogens is 720 g/mol. The van der Waals surface area contributed by atoms with E-state index < -0.39 is 23.7 Å². The number of rotatable bonds is 17. The Balaban J connectivity index is 1.37. The number of carbonyl (C=O) groups is 2. The molecule has 1 aliphatic heterocycles. The first-order valence-electron chi connectivity index (χ1n) is 18.9. The molecule has 1 unspecified atom stereocenters. The lowest BCUT2D eigenvalue weighted by Gasteiger charge is -2.34. The molecule has 0 aromatic heterocycles. The fourth-order valence-electron chi connectivity index (χ4n) is 6.60. The van der Waals surface area contributed by atoms with Crippen LogP contribution >= 0.6 is 0 Å². The number of morpholine rings is 1. The van der Waals surface area contributed by atoms with Crippen molar-refractivity contribution in [2.45, 2.75) is 31.7 Å². The second-order valence-corrected chi connectivity index (χ2v) is 14.2. The third kappa shape index (κ3) is 12.2. The van der Waals surface area contributed by atoms with Crippen LogP contribution in [0.15, 0.2) is 109 Å². The maximum atomic E-state index is 14.5. The smallest absolute Gasteiger partial charge is 0.395 e. The number of ether oxygens (including phenoxy) is 1.